The monoisotopic (exact) mass is 294 g/mol. The van der Waals surface area contributed by atoms with E-state index in [0.29, 0.717) is 0 Å². The highest BCUT2D eigenvalue weighted by Crippen LogP contribution is 2.10. The van der Waals surface area contributed by atoms with Crippen LogP contribution in [0.4, 0.5) is 0 Å². The largest absolute Gasteiger partial charge is 0.303 e. The highest BCUT2D eigenvalue weighted by molar-refractivity contribution is 5.48. The molecule has 0 bridgehead atoms. The number of allylic oxidation sites excluding steroid dienone is 2. The first-order valence-electron chi connectivity index (χ1n) is 9.50. The van der Waals surface area contributed by atoms with Crippen molar-refractivity contribution in [2.45, 2.75) is 110 Å². The van der Waals surface area contributed by atoms with Crippen molar-refractivity contribution in [1.29, 1.82) is 0 Å². The SMILES string of the molecule is CCCCCCCCCC=CCCCCCCCCC=O. The van der Waals surface area contributed by atoms with Gasteiger partial charge in [-0.1, -0.05) is 83.3 Å². The van der Waals surface area contributed by atoms with Crippen LogP contribution in [0.5, 0.6) is 0 Å². The summed E-state index contributed by atoms with van der Waals surface area (Å²) in [4.78, 5) is 10.2. The number of carbonyl (C=O) groups excluding carboxylic acids is 1. The summed E-state index contributed by atoms with van der Waals surface area (Å²) in [7, 11) is 0. The predicted octanol–water partition coefficient (Wildman–Crippen LogP) is 7.00. The molecular weight excluding hydrogens is 256 g/mol. The van der Waals surface area contributed by atoms with E-state index < -0.39 is 0 Å². The van der Waals surface area contributed by atoms with Crippen molar-refractivity contribution in [1.82, 2.24) is 0 Å². The van der Waals surface area contributed by atoms with Crippen LogP contribution < -0.4 is 0 Å². The Bertz CT molecular complexity index is 220. The molecule has 1 nitrogen and oxygen atoms in total. The maximum absolute atomic E-state index is 10.2. The molecule has 0 rings (SSSR count). The normalized spacial score (nSPS) is 11.3. The molecular formula is C20H38O. The van der Waals surface area contributed by atoms with Crippen LogP contribution in [-0.2, 0) is 4.79 Å². The molecule has 0 aliphatic carbocycles. The van der Waals surface area contributed by atoms with Crippen molar-refractivity contribution in [2.24, 2.45) is 0 Å². The average molecular weight is 295 g/mol. The fourth-order valence-corrected chi connectivity index (χ4v) is 2.65. The highest BCUT2D eigenvalue weighted by atomic mass is 16.1. The summed E-state index contributed by atoms with van der Waals surface area (Å²) in [5, 5.41) is 0. The van der Waals surface area contributed by atoms with E-state index in [1.165, 1.54) is 89.9 Å². The molecule has 0 saturated carbocycles. The molecule has 21 heavy (non-hydrogen) atoms. The second-order valence-corrected chi connectivity index (χ2v) is 6.25. The minimum atomic E-state index is 0.751. The zero-order valence-electron chi connectivity index (χ0n) is 14.5. The van der Waals surface area contributed by atoms with Gasteiger partial charge in [0, 0.05) is 6.42 Å². The second-order valence-electron chi connectivity index (χ2n) is 6.25. The lowest BCUT2D eigenvalue weighted by Gasteiger charge is -1.99. The first-order valence-corrected chi connectivity index (χ1v) is 9.50. The quantitative estimate of drug-likeness (QED) is 0.160. The highest BCUT2D eigenvalue weighted by Gasteiger charge is 1.91. The molecule has 0 N–H and O–H groups in total. The van der Waals surface area contributed by atoms with Gasteiger partial charge in [0.15, 0.2) is 0 Å². The second kappa shape index (κ2) is 19.4. The standard InChI is InChI=1S/C20H38O/c1-2-3-4-5-6-7-8-9-10-11-12-13-14-15-16-17-18-19-20-21/h10-11,20H,2-9,12-19H2,1H3. The Morgan fingerprint density at radius 1 is 0.524 bits per heavy atom. The number of hydrogen-bond donors (Lipinski definition) is 0. The van der Waals surface area contributed by atoms with E-state index in [1.807, 2.05) is 0 Å². The fourth-order valence-electron chi connectivity index (χ4n) is 2.65. The molecule has 0 heterocycles. The molecule has 1 heteroatoms. The fraction of sp³-hybridized carbons (Fsp3) is 0.850. The van der Waals surface area contributed by atoms with Gasteiger partial charge in [0.05, 0.1) is 0 Å². The molecule has 124 valence electrons. The zero-order chi connectivity index (χ0) is 15.4. The van der Waals surface area contributed by atoms with Gasteiger partial charge in [-0.25, -0.2) is 0 Å². The number of aldehydes is 1. The number of hydrogen-bond acceptors (Lipinski definition) is 1. The van der Waals surface area contributed by atoms with Crippen molar-refractivity contribution in [3.63, 3.8) is 0 Å². The lowest BCUT2D eigenvalue weighted by Crippen LogP contribution is -1.81. The topological polar surface area (TPSA) is 17.1 Å². The summed E-state index contributed by atoms with van der Waals surface area (Å²) in [6, 6.07) is 0. The maximum atomic E-state index is 10.2. The molecule has 0 aromatic heterocycles. The number of rotatable bonds is 17. The van der Waals surface area contributed by atoms with Crippen molar-refractivity contribution in [2.75, 3.05) is 0 Å². The van der Waals surface area contributed by atoms with Crippen LogP contribution >= 0.6 is 0 Å². The molecule has 0 aromatic carbocycles. The van der Waals surface area contributed by atoms with Gasteiger partial charge in [-0.2, -0.15) is 0 Å². The van der Waals surface area contributed by atoms with Crippen LogP contribution in [0.1, 0.15) is 110 Å². The molecule has 0 spiro atoms. The van der Waals surface area contributed by atoms with Crippen molar-refractivity contribution >= 4 is 6.29 Å². The molecule has 0 amide bonds. The van der Waals surface area contributed by atoms with E-state index >= 15 is 0 Å². The van der Waals surface area contributed by atoms with Crippen molar-refractivity contribution in [3.8, 4) is 0 Å². The number of unbranched alkanes of at least 4 members (excludes halogenated alkanes) is 14. The van der Waals surface area contributed by atoms with Gasteiger partial charge in [-0.3, -0.25) is 0 Å². The molecule has 0 saturated heterocycles. The summed E-state index contributed by atoms with van der Waals surface area (Å²) in [6.07, 6.45) is 26.6. The minimum Gasteiger partial charge on any atom is -0.303 e. The lowest BCUT2D eigenvalue weighted by molar-refractivity contribution is -0.107. The Kier molecular flexibility index (Phi) is 18.9. The van der Waals surface area contributed by atoms with Gasteiger partial charge >= 0.3 is 0 Å². The van der Waals surface area contributed by atoms with Gasteiger partial charge in [0.2, 0.25) is 0 Å². The van der Waals surface area contributed by atoms with Crippen molar-refractivity contribution in [3.05, 3.63) is 12.2 Å². The summed E-state index contributed by atoms with van der Waals surface area (Å²) in [5.74, 6) is 0. The van der Waals surface area contributed by atoms with Gasteiger partial charge in [-0.15, -0.1) is 0 Å². The van der Waals surface area contributed by atoms with E-state index in [9.17, 15) is 4.79 Å². The van der Waals surface area contributed by atoms with Crippen LogP contribution in [0.25, 0.3) is 0 Å². The van der Waals surface area contributed by atoms with Crippen LogP contribution in [0.3, 0.4) is 0 Å². The Hall–Kier alpha value is -0.590. The summed E-state index contributed by atoms with van der Waals surface area (Å²) < 4.78 is 0. The molecule has 0 aromatic rings. The van der Waals surface area contributed by atoms with E-state index in [4.69, 9.17) is 0 Å². The summed E-state index contributed by atoms with van der Waals surface area (Å²) in [5.41, 5.74) is 0. The zero-order valence-corrected chi connectivity index (χ0v) is 14.5. The molecule has 0 unspecified atom stereocenters. The Balaban J connectivity index is 3.03. The Morgan fingerprint density at radius 3 is 1.33 bits per heavy atom. The molecule has 0 aliphatic rings. The first kappa shape index (κ1) is 20.4. The van der Waals surface area contributed by atoms with Crippen LogP contribution in [0.2, 0.25) is 0 Å². The van der Waals surface area contributed by atoms with Gasteiger partial charge in [0.25, 0.3) is 0 Å². The van der Waals surface area contributed by atoms with Crippen LogP contribution in [0.15, 0.2) is 12.2 Å². The molecule has 0 atom stereocenters. The Labute approximate surface area is 133 Å². The smallest absolute Gasteiger partial charge is 0.119 e. The third kappa shape index (κ3) is 19.4. The minimum absolute atomic E-state index is 0.751. The molecule has 0 fully saturated rings. The summed E-state index contributed by atoms with van der Waals surface area (Å²) in [6.45, 7) is 2.28. The van der Waals surface area contributed by atoms with Crippen LogP contribution in [-0.4, -0.2) is 6.29 Å². The maximum Gasteiger partial charge on any atom is 0.119 e. The van der Waals surface area contributed by atoms with Gasteiger partial charge < -0.3 is 4.79 Å². The van der Waals surface area contributed by atoms with E-state index in [1.54, 1.807) is 0 Å². The van der Waals surface area contributed by atoms with E-state index in [0.717, 1.165) is 19.1 Å². The van der Waals surface area contributed by atoms with Gasteiger partial charge in [0.1, 0.15) is 6.29 Å². The van der Waals surface area contributed by atoms with E-state index in [-0.39, 0.29) is 0 Å². The molecule has 0 radical (unpaired) electrons. The third-order valence-corrected chi connectivity index (χ3v) is 4.08. The van der Waals surface area contributed by atoms with E-state index in [2.05, 4.69) is 19.1 Å². The predicted molar refractivity (Wildman–Crippen MR) is 94.8 cm³/mol. The van der Waals surface area contributed by atoms with Crippen molar-refractivity contribution < 1.29 is 4.79 Å². The third-order valence-electron chi connectivity index (χ3n) is 4.08. The molecule has 0 aliphatic heterocycles. The van der Waals surface area contributed by atoms with Crippen LogP contribution in [0, 0.1) is 0 Å². The Morgan fingerprint density at radius 2 is 0.905 bits per heavy atom. The summed E-state index contributed by atoms with van der Waals surface area (Å²) >= 11 is 0. The lowest BCUT2D eigenvalue weighted by atomic mass is 10.1. The first-order chi connectivity index (χ1) is 10.4. The van der Waals surface area contributed by atoms with Gasteiger partial charge in [-0.05, 0) is 32.1 Å². The average Bonchev–Trinajstić information content (AvgIpc) is 2.50. The number of carbonyl (C=O) groups is 1.